The van der Waals surface area contributed by atoms with Gasteiger partial charge in [0, 0.05) is 11.9 Å². The van der Waals surface area contributed by atoms with Gasteiger partial charge in [0.2, 0.25) is 0 Å². The quantitative estimate of drug-likeness (QED) is 0.810. The molecular weight excluding hydrogens is 336 g/mol. The molecule has 0 aliphatic carbocycles. The van der Waals surface area contributed by atoms with Gasteiger partial charge in [-0.2, -0.15) is 0 Å². The Morgan fingerprint density at radius 1 is 1.40 bits per heavy atom. The maximum atomic E-state index is 5.82. The van der Waals surface area contributed by atoms with Crippen molar-refractivity contribution in [3.05, 3.63) is 44.3 Å². The minimum atomic E-state index is 0.518. The molecule has 1 heterocycles. The van der Waals surface area contributed by atoms with E-state index < -0.39 is 0 Å². The lowest BCUT2D eigenvalue weighted by Gasteiger charge is -2.08. The number of hydrogen-bond donors (Lipinski definition) is 1. The van der Waals surface area contributed by atoms with Crippen molar-refractivity contribution < 1.29 is 4.74 Å². The summed E-state index contributed by atoms with van der Waals surface area (Å²) in [7, 11) is 1.94. The number of rotatable bonds is 7. The first kappa shape index (κ1) is 15.5. The molecule has 1 N–H and O–H groups in total. The molecule has 0 amide bonds. The number of nitrogens with one attached hydrogen (secondary N) is 1. The van der Waals surface area contributed by atoms with Crippen molar-refractivity contribution in [3.63, 3.8) is 0 Å². The van der Waals surface area contributed by atoms with Crippen LogP contribution in [0.15, 0.2) is 28.1 Å². The molecule has 0 radical (unpaired) electrons. The first-order chi connectivity index (χ1) is 9.72. The third-order valence-electron chi connectivity index (χ3n) is 2.82. The summed E-state index contributed by atoms with van der Waals surface area (Å²) in [4.78, 5) is 4.56. The Bertz CT molecular complexity index is 557. The molecule has 20 heavy (non-hydrogen) atoms. The highest BCUT2D eigenvalue weighted by atomic mass is 79.9. The van der Waals surface area contributed by atoms with Crippen LogP contribution in [0.5, 0.6) is 5.75 Å². The fourth-order valence-corrected chi connectivity index (χ4v) is 3.30. The molecule has 3 nitrogen and oxygen atoms in total. The van der Waals surface area contributed by atoms with Crippen LogP contribution in [-0.2, 0) is 19.6 Å². The fraction of sp³-hybridized carbons (Fsp3) is 0.400. The van der Waals surface area contributed by atoms with E-state index in [1.54, 1.807) is 11.3 Å². The van der Waals surface area contributed by atoms with E-state index in [0.717, 1.165) is 35.3 Å². The van der Waals surface area contributed by atoms with Crippen LogP contribution in [0.4, 0.5) is 0 Å². The lowest BCUT2D eigenvalue weighted by Crippen LogP contribution is -2.05. The highest BCUT2D eigenvalue weighted by Gasteiger charge is 2.05. The van der Waals surface area contributed by atoms with Crippen molar-refractivity contribution in [3.8, 4) is 5.75 Å². The Hall–Kier alpha value is -0.910. The zero-order valence-corrected chi connectivity index (χ0v) is 14.2. The molecule has 0 bridgehead atoms. The minimum Gasteiger partial charge on any atom is -0.486 e. The van der Waals surface area contributed by atoms with Gasteiger partial charge in [0.1, 0.15) is 12.4 Å². The van der Waals surface area contributed by atoms with Crippen molar-refractivity contribution in [2.45, 2.75) is 32.9 Å². The molecule has 2 rings (SSSR count). The van der Waals surface area contributed by atoms with Crippen LogP contribution in [0.2, 0.25) is 0 Å². The maximum Gasteiger partial charge on any atom is 0.134 e. The number of hydrogen-bond acceptors (Lipinski definition) is 4. The van der Waals surface area contributed by atoms with Crippen molar-refractivity contribution in [2.75, 3.05) is 7.05 Å². The first-order valence-corrected chi connectivity index (χ1v) is 8.39. The van der Waals surface area contributed by atoms with Gasteiger partial charge in [-0.3, -0.25) is 0 Å². The third kappa shape index (κ3) is 4.30. The highest BCUT2D eigenvalue weighted by Crippen LogP contribution is 2.27. The number of aryl methyl sites for hydroxylation is 1. The minimum absolute atomic E-state index is 0.518. The summed E-state index contributed by atoms with van der Waals surface area (Å²) in [5.74, 6) is 0.856. The molecule has 0 aliphatic rings. The number of benzene rings is 1. The monoisotopic (exact) mass is 354 g/mol. The van der Waals surface area contributed by atoms with Crippen LogP contribution >= 0.6 is 27.3 Å². The van der Waals surface area contributed by atoms with Gasteiger partial charge < -0.3 is 10.1 Å². The largest absolute Gasteiger partial charge is 0.486 e. The van der Waals surface area contributed by atoms with Crippen molar-refractivity contribution in [2.24, 2.45) is 0 Å². The molecule has 1 aromatic heterocycles. The molecule has 0 saturated heterocycles. The Morgan fingerprint density at radius 2 is 2.25 bits per heavy atom. The molecule has 1 aromatic carbocycles. The Labute approximate surface area is 132 Å². The van der Waals surface area contributed by atoms with Gasteiger partial charge in [-0.05, 0) is 53.5 Å². The van der Waals surface area contributed by atoms with E-state index in [1.807, 2.05) is 13.1 Å². The maximum absolute atomic E-state index is 5.82. The lowest BCUT2D eigenvalue weighted by atomic mass is 10.2. The van der Waals surface area contributed by atoms with Crippen LogP contribution in [0.3, 0.4) is 0 Å². The van der Waals surface area contributed by atoms with E-state index in [4.69, 9.17) is 4.74 Å². The summed E-state index contributed by atoms with van der Waals surface area (Å²) in [6.07, 6.45) is 2.18. The number of thiazole rings is 1. The first-order valence-electron chi connectivity index (χ1n) is 6.72. The van der Waals surface area contributed by atoms with Crippen LogP contribution < -0.4 is 10.1 Å². The zero-order chi connectivity index (χ0) is 14.4. The lowest BCUT2D eigenvalue weighted by molar-refractivity contribution is 0.300. The summed E-state index contributed by atoms with van der Waals surface area (Å²) in [5.41, 5.74) is 2.23. The summed E-state index contributed by atoms with van der Waals surface area (Å²) in [5, 5.41) is 6.40. The number of ether oxygens (including phenoxy) is 1. The molecular formula is C15H19BrN2OS. The molecule has 5 heteroatoms. The van der Waals surface area contributed by atoms with Crippen LogP contribution in [0.1, 0.15) is 29.6 Å². The van der Waals surface area contributed by atoms with Crippen molar-refractivity contribution >= 4 is 27.3 Å². The number of nitrogens with zero attached hydrogens (tertiary/aromatic N) is 1. The zero-order valence-electron chi connectivity index (χ0n) is 11.8. The SMILES string of the molecule is CCCc1nc(COc2ccc(CNC)cc2Br)cs1. The smallest absolute Gasteiger partial charge is 0.134 e. The van der Waals surface area contributed by atoms with Crippen molar-refractivity contribution in [1.82, 2.24) is 10.3 Å². The predicted molar refractivity (Wildman–Crippen MR) is 87.3 cm³/mol. The van der Waals surface area contributed by atoms with E-state index in [-0.39, 0.29) is 0 Å². The second kappa shape index (κ2) is 7.76. The Morgan fingerprint density at radius 3 is 2.95 bits per heavy atom. The molecule has 0 unspecified atom stereocenters. The summed E-state index contributed by atoms with van der Waals surface area (Å²) < 4.78 is 6.81. The number of aromatic nitrogens is 1. The van der Waals surface area contributed by atoms with Crippen LogP contribution in [0, 0.1) is 0 Å². The average Bonchev–Trinajstić information content (AvgIpc) is 2.86. The van der Waals surface area contributed by atoms with Gasteiger partial charge in [0.15, 0.2) is 0 Å². The molecule has 0 fully saturated rings. The van der Waals surface area contributed by atoms with Crippen LogP contribution in [0.25, 0.3) is 0 Å². The Balaban J connectivity index is 1.95. The average molecular weight is 355 g/mol. The molecule has 0 aliphatic heterocycles. The summed E-state index contributed by atoms with van der Waals surface area (Å²) >= 11 is 5.26. The summed E-state index contributed by atoms with van der Waals surface area (Å²) in [6, 6.07) is 6.14. The Kier molecular flexibility index (Phi) is 6.01. The van der Waals surface area contributed by atoms with Gasteiger partial charge in [0.25, 0.3) is 0 Å². The van der Waals surface area contributed by atoms with E-state index in [1.165, 1.54) is 10.6 Å². The van der Waals surface area contributed by atoms with Gasteiger partial charge >= 0.3 is 0 Å². The molecule has 0 spiro atoms. The third-order valence-corrected chi connectivity index (χ3v) is 4.39. The van der Waals surface area contributed by atoms with E-state index in [9.17, 15) is 0 Å². The van der Waals surface area contributed by atoms with Gasteiger partial charge in [-0.15, -0.1) is 11.3 Å². The second-order valence-corrected chi connectivity index (χ2v) is 6.36. The normalized spacial score (nSPS) is 10.8. The predicted octanol–water partition coefficient (Wildman–Crippen LogP) is 4.16. The molecule has 0 atom stereocenters. The van der Waals surface area contributed by atoms with E-state index in [2.05, 4.69) is 50.7 Å². The van der Waals surface area contributed by atoms with Gasteiger partial charge in [-0.25, -0.2) is 4.98 Å². The fourth-order valence-electron chi connectivity index (χ4n) is 1.87. The van der Waals surface area contributed by atoms with E-state index in [0.29, 0.717) is 6.61 Å². The highest BCUT2D eigenvalue weighted by molar-refractivity contribution is 9.10. The topological polar surface area (TPSA) is 34.1 Å². The molecule has 0 saturated carbocycles. The standard InChI is InChI=1S/C15H19BrN2OS/c1-3-4-15-18-12(10-20-15)9-19-14-6-5-11(8-17-2)7-13(14)16/h5-7,10,17H,3-4,8-9H2,1-2H3. The molecule has 2 aromatic rings. The molecule has 108 valence electrons. The second-order valence-electron chi connectivity index (χ2n) is 4.57. The summed E-state index contributed by atoms with van der Waals surface area (Å²) in [6.45, 7) is 3.54. The van der Waals surface area contributed by atoms with Gasteiger partial charge in [0.05, 0.1) is 15.2 Å². The van der Waals surface area contributed by atoms with E-state index >= 15 is 0 Å². The van der Waals surface area contributed by atoms with Crippen molar-refractivity contribution in [1.29, 1.82) is 0 Å². The number of halogens is 1. The van der Waals surface area contributed by atoms with Gasteiger partial charge in [-0.1, -0.05) is 13.0 Å². The van der Waals surface area contributed by atoms with Crippen LogP contribution in [-0.4, -0.2) is 12.0 Å².